The fraction of sp³-hybridized carbons (Fsp3) is 0.450. The molecule has 0 spiro atoms. The Labute approximate surface area is 170 Å². The number of carbonyl (C=O) groups excluding carboxylic acids is 1. The maximum atomic E-state index is 13.0. The van der Waals surface area contributed by atoms with Crippen LogP contribution in [0.4, 0.5) is 13.2 Å². The Kier molecular flexibility index (Phi) is 6.57. The number of halogens is 3. The van der Waals surface area contributed by atoms with Crippen LogP contribution in [0, 0.1) is 0 Å². The molecule has 7 nitrogen and oxygen atoms in total. The zero-order valence-electron chi connectivity index (χ0n) is 16.1. The van der Waals surface area contributed by atoms with Crippen molar-refractivity contribution in [2.24, 2.45) is 0 Å². The Bertz CT molecular complexity index is 921. The molecule has 10 heteroatoms. The second-order valence-electron chi connectivity index (χ2n) is 6.97. The quantitative estimate of drug-likeness (QED) is 0.795. The number of morpholine rings is 1. The van der Waals surface area contributed by atoms with E-state index in [0.717, 1.165) is 23.7 Å². The molecular weight excluding hydrogens is 405 g/mol. The number of carbonyl (C=O) groups is 2. The van der Waals surface area contributed by atoms with Crippen molar-refractivity contribution in [3.63, 3.8) is 0 Å². The van der Waals surface area contributed by atoms with Crippen molar-refractivity contribution >= 4 is 22.8 Å². The highest BCUT2D eigenvalue weighted by atomic mass is 19.4. The number of para-hydroxylation sites is 1. The first-order chi connectivity index (χ1) is 14.2. The monoisotopic (exact) mass is 426 g/mol. The maximum absolute atomic E-state index is 13.0. The van der Waals surface area contributed by atoms with Crippen molar-refractivity contribution in [1.82, 2.24) is 9.88 Å². The van der Waals surface area contributed by atoms with Crippen LogP contribution in [0.2, 0.25) is 0 Å². The van der Waals surface area contributed by atoms with Crippen molar-refractivity contribution in [2.45, 2.75) is 37.3 Å². The lowest BCUT2D eigenvalue weighted by molar-refractivity contribution is -0.192. The molecule has 4 rings (SSSR count). The van der Waals surface area contributed by atoms with E-state index in [0.29, 0.717) is 18.7 Å². The van der Waals surface area contributed by atoms with E-state index in [9.17, 15) is 18.0 Å². The molecule has 30 heavy (non-hydrogen) atoms. The van der Waals surface area contributed by atoms with Crippen LogP contribution >= 0.6 is 0 Å². The van der Waals surface area contributed by atoms with E-state index < -0.39 is 12.1 Å². The van der Waals surface area contributed by atoms with E-state index in [4.69, 9.17) is 19.4 Å². The summed E-state index contributed by atoms with van der Waals surface area (Å²) in [7, 11) is 1.71. The third kappa shape index (κ3) is 4.71. The molecule has 2 fully saturated rings. The van der Waals surface area contributed by atoms with Gasteiger partial charge in [-0.3, -0.25) is 9.78 Å². The highest BCUT2D eigenvalue weighted by molar-refractivity contribution is 5.97. The molecule has 1 saturated carbocycles. The van der Waals surface area contributed by atoms with E-state index >= 15 is 0 Å². The van der Waals surface area contributed by atoms with Gasteiger partial charge >= 0.3 is 12.1 Å². The molecule has 0 radical (unpaired) electrons. The van der Waals surface area contributed by atoms with Gasteiger partial charge in [0.1, 0.15) is 6.10 Å². The van der Waals surface area contributed by atoms with E-state index in [1.807, 2.05) is 35.2 Å². The normalized spacial score (nSPS) is 23.5. The molecule has 1 saturated heterocycles. The molecule has 2 aromatic rings. The summed E-state index contributed by atoms with van der Waals surface area (Å²) in [5.74, 6) is -2.72. The van der Waals surface area contributed by atoms with Gasteiger partial charge in [0.05, 0.1) is 29.8 Å². The van der Waals surface area contributed by atoms with Crippen molar-refractivity contribution in [2.75, 3.05) is 20.3 Å². The second-order valence-corrected chi connectivity index (χ2v) is 6.97. The van der Waals surface area contributed by atoms with Gasteiger partial charge in [-0.25, -0.2) is 4.79 Å². The molecule has 3 atom stereocenters. The zero-order chi connectivity index (χ0) is 21.9. The van der Waals surface area contributed by atoms with E-state index in [2.05, 4.69) is 4.98 Å². The van der Waals surface area contributed by atoms with Gasteiger partial charge in [-0.1, -0.05) is 18.2 Å². The third-order valence-corrected chi connectivity index (χ3v) is 5.18. The summed E-state index contributed by atoms with van der Waals surface area (Å²) in [5, 5.41) is 8.12. The number of hydrogen-bond donors (Lipinski definition) is 1. The number of aromatic nitrogens is 1. The zero-order valence-corrected chi connectivity index (χ0v) is 16.1. The Morgan fingerprint density at radius 1 is 1.27 bits per heavy atom. The van der Waals surface area contributed by atoms with Gasteiger partial charge in [0, 0.05) is 25.2 Å². The highest BCUT2D eigenvalue weighted by Crippen LogP contribution is 2.32. The fourth-order valence-electron chi connectivity index (χ4n) is 3.77. The summed E-state index contributed by atoms with van der Waals surface area (Å²) < 4.78 is 43.1. The number of carboxylic acid groups (broad SMARTS) is 1. The number of fused-ring (bicyclic) bond motifs is 2. The first-order valence-corrected chi connectivity index (χ1v) is 9.32. The Morgan fingerprint density at radius 3 is 2.63 bits per heavy atom. The van der Waals surface area contributed by atoms with Crippen LogP contribution < -0.4 is 0 Å². The van der Waals surface area contributed by atoms with Gasteiger partial charge in [0.15, 0.2) is 0 Å². The topological polar surface area (TPSA) is 89.0 Å². The summed E-state index contributed by atoms with van der Waals surface area (Å²) in [6.07, 6.45) is -1.46. The molecule has 1 amide bonds. The van der Waals surface area contributed by atoms with Crippen molar-refractivity contribution < 1.29 is 37.3 Å². The molecule has 162 valence electrons. The van der Waals surface area contributed by atoms with Crippen LogP contribution in [-0.4, -0.2) is 71.6 Å². The van der Waals surface area contributed by atoms with Crippen LogP contribution in [0.15, 0.2) is 36.5 Å². The summed E-state index contributed by atoms with van der Waals surface area (Å²) in [6, 6.07) is 9.88. The lowest BCUT2D eigenvalue weighted by Gasteiger charge is -2.38. The molecule has 1 aliphatic carbocycles. The average Bonchev–Trinajstić information content (AvgIpc) is 3.16. The molecule has 1 aliphatic heterocycles. The smallest absolute Gasteiger partial charge is 0.475 e. The number of methoxy groups -OCH3 is 1. The summed E-state index contributed by atoms with van der Waals surface area (Å²) in [6.45, 7) is 1.19. The third-order valence-electron chi connectivity index (χ3n) is 5.18. The van der Waals surface area contributed by atoms with Gasteiger partial charge in [0.25, 0.3) is 5.91 Å². The van der Waals surface area contributed by atoms with Crippen LogP contribution in [0.5, 0.6) is 0 Å². The van der Waals surface area contributed by atoms with Gasteiger partial charge < -0.3 is 19.5 Å². The molecule has 1 N–H and O–H groups in total. The number of alkyl halides is 3. The minimum absolute atomic E-state index is 0.00823. The van der Waals surface area contributed by atoms with Crippen LogP contribution in [-0.2, 0) is 14.3 Å². The number of benzene rings is 1. The summed E-state index contributed by atoms with van der Waals surface area (Å²) in [5.41, 5.74) is 1.55. The Balaban J connectivity index is 0.000000318. The predicted molar refractivity (Wildman–Crippen MR) is 100 cm³/mol. The molecule has 1 aromatic carbocycles. The standard InChI is InChI=1S/C18H20N2O3.C2HF3O2/c1-22-16-7-6-15-17(16)23-9-8-20(15)18(21)13-10-12-4-2-3-5-14(12)19-11-13;3-2(4,5)1(6)7/h2-5,10-11,15-17H,6-9H2,1H3;(H,6,7)/t15-,16-,17+;/m0./s1. The Hall–Kier alpha value is -2.72. The van der Waals surface area contributed by atoms with Gasteiger partial charge in [-0.2, -0.15) is 13.2 Å². The first-order valence-electron chi connectivity index (χ1n) is 9.32. The molecule has 2 heterocycles. The molecule has 0 bridgehead atoms. The van der Waals surface area contributed by atoms with Crippen molar-refractivity contribution in [1.29, 1.82) is 0 Å². The van der Waals surface area contributed by atoms with Gasteiger partial charge in [0.2, 0.25) is 0 Å². The number of aliphatic carboxylic acids is 1. The lowest BCUT2D eigenvalue weighted by Crippen LogP contribution is -2.53. The summed E-state index contributed by atoms with van der Waals surface area (Å²) >= 11 is 0. The minimum Gasteiger partial charge on any atom is -0.475 e. The number of amides is 1. The second kappa shape index (κ2) is 8.97. The average molecular weight is 426 g/mol. The first kappa shape index (κ1) is 22.0. The molecule has 2 aliphatic rings. The molecule has 1 aromatic heterocycles. The van der Waals surface area contributed by atoms with Crippen molar-refractivity contribution in [3.8, 4) is 0 Å². The van der Waals surface area contributed by atoms with E-state index in [-0.39, 0.29) is 24.2 Å². The molecule has 0 unspecified atom stereocenters. The number of rotatable bonds is 2. The van der Waals surface area contributed by atoms with E-state index in [1.165, 1.54) is 0 Å². The minimum atomic E-state index is -5.08. The van der Waals surface area contributed by atoms with Crippen molar-refractivity contribution in [3.05, 3.63) is 42.1 Å². The maximum Gasteiger partial charge on any atom is 0.490 e. The number of nitrogens with zero attached hydrogens (tertiary/aromatic N) is 2. The van der Waals surface area contributed by atoms with E-state index in [1.54, 1.807) is 13.3 Å². The van der Waals surface area contributed by atoms with Crippen LogP contribution in [0.1, 0.15) is 23.2 Å². The van der Waals surface area contributed by atoms with Crippen LogP contribution in [0.3, 0.4) is 0 Å². The SMILES string of the molecule is CO[C@H]1CC[C@H]2[C@H]1OCCN2C(=O)c1cnc2ccccc2c1.O=C(O)C(F)(F)F. The predicted octanol–water partition coefficient (Wildman–Crippen LogP) is 2.89. The number of pyridine rings is 1. The largest absolute Gasteiger partial charge is 0.490 e. The highest BCUT2D eigenvalue weighted by Gasteiger charge is 2.44. The molecular formula is C20H21F3N2O5. The number of carboxylic acids is 1. The van der Waals surface area contributed by atoms with Gasteiger partial charge in [-0.15, -0.1) is 0 Å². The number of ether oxygens (including phenoxy) is 2. The lowest BCUT2D eigenvalue weighted by atomic mass is 10.1. The summed E-state index contributed by atoms with van der Waals surface area (Å²) in [4.78, 5) is 28.2. The van der Waals surface area contributed by atoms with Crippen LogP contribution in [0.25, 0.3) is 10.9 Å². The number of hydrogen-bond acceptors (Lipinski definition) is 5. The fourth-order valence-corrected chi connectivity index (χ4v) is 3.77. The van der Waals surface area contributed by atoms with Gasteiger partial charge in [-0.05, 0) is 25.0 Å². The Morgan fingerprint density at radius 2 is 1.97 bits per heavy atom.